The van der Waals surface area contributed by atoms with E-state index in [0.717, 1.165) is 46.4 Å². The predicted octanol–water partition coefficient (Wildman–Crippen LogP) is 4.30. The molecule has 2 aromatic heterocycles. The normalized spacial score (nSPS) is 15.4. The van der Waals surface area contributed by atoms with Crippen LogP contribution < -0.4 is 5.32 Å². The van der Waals surface area contributed by atoms with Gasteiger partial charge in [0.1, 0.15) is 16.2 Å². The lowest BCUT2D eigenvalue weighted by molar-refractivity contribution is -0.00924. The summed E-state index contributed by atoms with van der Waals surface area (Å²) in [6.45, 7) is 12.4. The minimum atomic E-state index is -0.133. The third-order valence-corrected chi connectivity index (χ3v) is 8.01. The number of fused-ring (bicyclic) bond motifs is 1. The highest BCUT2D eigenvalue weighted by molar-refractivity contribution is 7.99. The van der Waals surface area contributed by atoms with Crippen molar-refractivity contribution in [3.8, 4) is 0 Å². The second kappa shape index (κ2) is 9.24. The number of amides is 1. The third-order valence-electron chi connectivity index (χ3n) is 5.82. The van der Waals surface area contributed by atoms with Crippen LogP contribution >= 0.6 is 23.1 Å². The Hall–Kier alpha value is -2.00. The van der Waals surface area contributed by atoms with Gasteiger partial charge in [0.25, 0.3) is 5.91 Å². The van der Waals surface area contributed by atoms with E-state index in [2.05, 4.69) is 47.9 Å². The number of carbonyl (C=O) groups is 1. The Kier molecular flexibility index (Phi) is 6.62. The first kappa shape index (κ1) is 22.2. The zero-order valence-electron chi connectivity index (χ0n) is 18.4. The van der Waals surface area contributed by atoms with Gasteiger partial charge in [-0.05, 0) is 45.4 Å². The maximum absolute atomic E-state index is 13.1. The molecule has 8 heteroatoms. The Balaban J connectivity index is 1.53. The Labute approximate surface area is 191 Å². The number of nitrogens with one attached hydrogen (secondary N) is 1. The van der Waals surface area contributed by atoms with Crippen LogP contribution in [-0.4, -0.2) is 59.2 Å². The van der Waals surface area contributed by atoms with Gasteiger partial charge in [-0.2, -0.15) is 0 Å². The van der Waals surface area contributed by atoms with Crippen LogP contribution in [0.15, 0.2) is 40.5 Å². The number of morpholine rings is 1. The van der Waals surface area contributed by atoms with Gasteiger partial charge in [-0.1, -0.05) is 23.9 Å². The predicted molar refractivity (Wildman–Crippen MR) is 126 cm³/mol. The first-order chi connectivity index (χ1) is 14.9. The molecule has 1 N–H and O–H groups in total. The fourth-order valence-electron chi connectivity index (χ4n) is 3.75. The zero-order chi connectivity index (χ0) is 22.0. The summed E-state index contributed by atoms with van der Waals surface area (Å²) < 4.78 is 5.46. The first-order valence-electron chi connectivity index (χ1n) is 10.5. The molecule has 0 saturated carbocycles. The molecule has 4 rings (SSSR count). The summed E-state index contributed by atoms with van der Waals surface area (Å²) in [6.07, 6.45) is 1.60. The smallest absolute Gasteiger partial charge is 0.252 e. The van der Waals surface area contributed by atoms with Crippen molar-refractivity contribution in [2.75, 3.05) is 32.8 Å². The summed E-state index contributed by atoms with van der Waals surface area (Å²) in [7, 11) is 0. The van der Waals surface area contributed by atoms with Gasteiger partial charge in [-0.25, -0.2) is 9.97 Å². The highest BCUT2D eigenvalue weighted by Crippen LogP contribution is 2.38. The van der Waals surface area contributed by atoms with Crippen LogP contribution in [0.4, 0.5) is 0 Å². The van der Waals surface area contributed by atoms with Gasteiger partial charge in [0.05, 0.1) is 18.8 Å². The number of nitrogens with zero attached hydrogens (tertiary/aromatic N) is 3. The molecule has 6 nitrogen and oxygen atoms in total. The summed E-state index contributed by atoms with van der Waals surface area (Å²) >= 11 is 3.21. The zero-order valence-corrected chi connectivity index (χ0v) is 20.0. The third kappa shape index (κ3) is 4.77. The fourth-order valence-corrected chi connectivity index (χ4v) is 5.89. The van der Waals surface area contributed by atoms with E-state index >= 15 is 0 Å². The van der Waals surface area contributed by atoms with Crippen molar-refractivity contribution in [1.29, 1.82) is 0 Å². The Morgan fingerprint density at radius 2 is 1.97 bits per heavy atom. The summed E-state index contributed by atoms with van der Waals surface area (Å²) in [5.74, 6) is -0.0621. The number of benzene rings is 1. The average Bonchev–Trinajstić information content (AvgIpc) is 3.07. The number of ether oxygens (including phenoxy) is 1. The van der Waals surface area contributed by atoms with Crippen molar-refractivity contribution in [2.45, 2.75) is 43.2 Å². The second-order valence-electron chi connectivity index (χ2n) is 8.33. The number of aromatic nitrogens is 2. The molecular formula is C23H28N4O2S2. The lowest BCUT2D eigenvalue weighted by Gasteiger charge is -2.40. The molecule has 1 fully saturated rings. The van der Waals surface area contributed by atoms with Crippen molar-refractivity contribution in [3.05, 3.63) is 46.6 Å². The number of carbonyl (C=O) groups excluding carboxylic acids is 1. The summed E-state index contributed by atoms with van der Waals surface area (Å²) in [6, 6.07) is 7.72. The van der Waals surface area contributed by atoms with Crippen LogP contribution in [0.3, 0.4) is 0 Å². The van der Waals surface area contributed by atoms with E-state index in [1.54, 1.807) is 17.7 Å². The number of thiophene rings is 1. The maximum atomic E-state index is 13.1. The van der Waals surface area contributed by atoms with E-state index in [1.165, 1.54) is 22.2 Å². The first-order valence-corrected chi connectivity index (χ1v) is 12.1. The van der Waals surface area contributed by atoms with Gasteiger partial charge in [-0.3, -0.25) is 9.69 Å². The lowest BCUT2D eigenvalue weighted by Crippen LogP contribution is -2.55. The van der Waals surface area contributed by atoms with E-state index in [1.807, 2.05) is 24.3 Å². The van der Waals surface area contributed by atoms with Crippen LogP contribution in [0.1, 0.15) is 34.6 Å². The number of rotatable bonds is 6. The Morgan fingerprint density at radius 1 is 1.23 bits per heavy atom. The molecule has 164 valence electrons. The standard InChI is InChI=1S/C23H28N4O2S2/c1-15-16(2)30-21-19(15)22(26-14-25-21)31-18-8-6-5-7-17(18)20(28)24-13-23(3,4)27-9-11-29-12-10-27/h5-8,14H,9-13H2,1-4H3,(H,24,28). The molecule has 3 heterocycles. The van der Waals surface area contributed by atoms with E-state index in [0.29, 0.717) is 12.1 Å². The van der Waals surface area contributed by atoms with Gasteiger partial charge in [0, 0.05) is 40.3 Å². The molecule has 0 unspecified atom stereocenters. The molecule has 0 radical (unpaired) electrons. The molecule has 0 atom stereocenters. The van der Waals surface area contributed by atoms with Gasteiger partial charge in [-0.15, -0.1) is 11.3 Å². The molecule has 1 saturated heterocycles. The number of hydrogen-bond acceptors (Lipinski definition) is 7. The largest absolute Gasteiger partial charge is 0.379 e. The average molecular weight is 457 g/mol. The molecule has 1 aromatic carbocycles. The second-order valence-corrected chi connectivity index (χ2v) is 10.6. The minimum Gasteiger partial charge on any atom is -0.379 e. The lowest BCUT2D eigenvalue weighted by atomic mass is 10.0. The van der Waals surface area contributed by atoms with E-state index in [9.17, 15) is 4.79 Å². The fraction of sp³-hybridized carbons (Fsp3) is 0.435. The Bertz CT molecular complexity index is 1090. The quantitative estimate of drug-likeness (QED) is 0.558. The number of hydrogen-bond donors (Lipinski definition) is 1. The van der Waals surface area contributed by atoms with Crippen molar-refractivity contribution >= 4 is 39.2 Å². The molecule has 1 aliphatic heterocycles. The minimum absolute atomic E-state index is 0.0621. The van der Waals surface area contributed by atoms with E-state index in [4.69, 9.17) is 4.74 Å². The topological polar surface area (TPSA) is 67.4 Å². The monoisotopic (exact) mass is 456 g/mol. The maximum Gasteiger partial charge on any atom is 0.252 e. The summed E-state index contributed by atoms with van der Waals surface area (Å²) in [5, 5.41) is 5.12. The SMILES string of the molecule is Cc1sc2ncnc(Sc3ccccc3C(=O)NCC(C)(C)N3CCOCC3)c2c1C. The highest BCUT2D eigenvalue weighted by atomic mass is 32.2. The number of aryl methyl sites for hydroxylation is 2. The van der Waals surface area contributed by atoms with Crippen molar-refractivity contribution in [2.24, 2.45) is 0 Å². The van der Waals surface area contributed by atoms with E-state index < -0.39 is 0 Å². The van der Waals surface area contributed by atoms with Crippen LogP contribution in [0.25, 0.3) is 10.2 Å². The summed E-state index contributed by atoms with van der Waals surface area (Å²) in [5.41, 5.74) is 1.74. The highest BCUT2D eigenvalue weighted by Gasteiger charge is 2.29. The van der Waals surface area contributed by atoms with Crippen LogP contribution in [0, 0.1) is 13.8 Å². The van der Waals surface area contributed by atoms with Crippen LogP contribution in [-0.2, 0) is 4.74 Å². The van der Waals surface area contributed by atoms with Crippen molar-refractivity contribution in [1.82, 2.24) is 20.2 Å². The molecule has 3 aromatic rings. The van der Waals surface area contributed by atoms with Gasteiger partial charge in [0.2, 0.25) is 0 Å². The molecule has 1 aliphatic rings. The van der Waals surface area contributed by atoms with E-state index in [-0.39, 0.29) is 11.4 Å². The van der Waals surface area contributed by atoms with Gasteiger partial charge >= 0.3 is 0 Å². The molecule has 0 spiro atoms. The van der Waals surface area contributed by atoms with Crippen molar-refractivity contribution < 1.29 is 9.53 Å². The summed E-state index contributed by atoms with van der Waals surface area (Å²) in [4.78, 5) is 27.6. The molecule has 1 amide bonds. The van der Waals surface area contributed by atoms with Crippen LogP contribution in [0.5, 0.6) is 0 Å². The molecule has 0 bridgehead atoms. The van der Waals surface area contributed by atoms with Gasteiger partial charge in [0.15, 0.2) is 0 Å². The van der Waals surface area contributed by atoms with Crippen LogP contribution in [0.2, 0.25) is 0 Å². The Morgan fingerprint density at radius 3 is 2.74 bits per heavy atom. The van der Waals surface area contributed by atoms with Gasteiger partial charge < -0.3 is 10.1 Å². The van der Waals surface area contributed by atoms with Crippen molar-refractivity contribution in [3.63, 3.8) is 0 Å². The molecule has 31 heavy (non-hydrogen) atoms. The molecule has 0 aliphatic carbocycles. The molecular weight excluding hydrogens is 428 g/mol.